The highest BCUT2D eigenvalue weighted by molar-refractivity contribution is 7.99. The van der Waals surface area contributed by atoms with E-state index >= 15 is 0 Å². The lowest BCUT2D eigenvalue weighted by molar-refractivity contribution is -0.133. The Labute approximate surface area is 201 Å². The molecule has 0 aliphatic carbocycles. The van der Waals surface area contributed by atoms with E-state index in [0.717, 1.165) is 25.0 Å². The van der Waals surface area contributed by atoms with Crippen molar-refractivity contribution >= 4 is 61.5 Å². The van der Waals surface area contributed by atoms with Crippen LogP contribution in [-0.4, -0.2) is 72.7 Å². The van der Waals surface area contributed by atoms with Crippen LogP contribution in [0.15, 0.2) is 0 Å². The van der Waals surface area contributed by atoms with Crippen LogP contribution in [0.5, 0.6) is 0 Å². The molecule has 0 aliphatic rings. The number of amides is 4. The van der Waals surface area contributed by atoms with Crippen molar-refractivity contribution < 1.29 is 24.0 Å². The monoisotopic (exact) mass is 486 g/mol. The number of nitrogens with one attached hydrogen (secondary N) is 4. The summed E-state index contributed by atoms with van der Waals surface area (Å²) in [6.07, 6.45) is 3.86. The van der Waals surface area contributed by atoms with Crippen molar-refractivity contribution in [1.82, 2.24) is 21.3 Å². The van der Waals surface area contributed by atoms with Crippen molar-refractivity contribution in [3.05, 3.63) is 0 Å². The van der Waals surface area contributed by atoms with Gasteiger partial charge in [0, 0.05) is 6.42 Å². The predicted octanol–water partition coefficient (Wildman–Crippen LogP) is 0.273. The van der Waals surface area contributed by atoms with E-state index in [1.165, 1.54) is 13.8 Å². The fourth-order valence-electron chi connectivity index (χ4n) is 2.45. The van der Waals surface area contributed by atoms with Gasteiger partial charge in [-0.15, -0.1) is 11.8 Å². The number of carbonyl (C=O) groups excluding carboxylic acids is 5. The van der Waals surface area contributed by atoms with Crippen LogP contribution in [0, 0.1) is 0 Å². The highest BCUT2D eigenvalue weighted by atomic mass is 32.2. The SMILES string of the molecule is [B]C(=O)CCCCCSCNC(=O)[C@H](C)NC(=O)[C@@H](C)NC(=O)[C@H](C)NC(=O)CCCS. The molecule has 9 nitrogen and oxygen atoms in total. The molecule has 0 aromatic rings. The summed E-state index contributed by atoms with van der Waals surface area (Å²) in [4.78, 5) is 58.9. The Morgan fingerprint density at radius 2 is 1.34 bits per heavy atom. The maximum absolute atomic E-state index is 12.3. The highest BCUT2D eigenvalue weighted by Gasteiger charge is 2.23. The van der Waals surface area contributed by atoms with E-state index < -0.39 is 29.9 Å². The quantitative estimate of drug-likeness (QED) is 0.0868. The van der Waals surface area contributed by atoms with Gasteiger partial charge in [0.25, 0.3) is 0 Å². The molecule has 0 unspecified atom stereocenters. The average molecular weight is 486 g/mol. The molecule has 0 saturated carbocycles. The van der Waals surface area contributed by atoms with Gasteiger partial charge in [0.15, 0.2) is 7.85 Å². The van der Waals surface area contributed by atoms with Crippen molar-refractivity contribution in [2.24, 2.45) is 0 Å². The first kappa shape index (κ1) is 30.3. The lowest BCUT2D eigenvalue weighted by Crippen LogP contribution is -2.54. The third-order valence-electron chi connectivity index (χ3n) is 4.40. The second-order valence-electron chi connectivity index (χ2n) is 7.45. The Morgan fingerprint density at radius 3 is 1.91 bits per heavy atom. The summed E-state index contributed by atoms with van der Waals surface area (Å²) in [6, 6.07) is -2.42. The lowest BCUT2D eigenvalue weighted by atomic mass is 9.97. The Kier molecular flexibility index (Phi) is 16.9. The Morgan fingerprint density at radius 1 is 0.781 bits per heavy atom. The Hall–Kier alpha value is -1.69. The topological polar surface area (TPSA) is 133 Å². The van der Waals surface area contributed by atoms with Crippen molar-refractivity contribution in [3.8, 4) is 0 Å². The molecule has 12 heteroatoms. The third-order valence-corrected chi connectivity index (χ3v) is 5.64. The van der Waals surface area contributed by atoms with Gasteiger partial charge in [0.05, 0.1) is 11.6 Å². The summed E-state index contributed by atoms with van der Waals surface area (Å²) in [5, 5.41) is 10.4. The second kappa shape index (κ2) is 17.8. The van der Waals surface area contributed by atoms with Crippen molar-refractivity contribution in [3.63, 3.8) is 0 Å². The van der Waals surface area contributed by atoms with Crippen molar-refractivity contribution in [2.45, 2.75) is 77.4 Å². The summed E-state index contributed by atoms with van der Waals surface area (Å²) < 4.78 is 0. The zero-order valence-corrected chi connectivity index (χ0v) is 20.8. The van der Waals surface area contributed by atoms with Crippen LogP contribution in [-0.2, 0) is 24.0 Å². The number of hydrogen-bond acceptors (Lipinski definition) is 7. The van der Waals surface area contributed by atoms with Gasteiger partial charge in [0.1, 0.15) is 18.1 Å². The number of rotatable bonds is 17. The van der Waals surface area contributed by atoms with Gasteiger partial charge < -0.3 is 26.1 Å². The molecular formula is C20H35BN4O5S2. The molecule has 0 heterocycles. The molecule has 3 atom stereocenters. The van der Waals surface area contributed by atoms with E-state index in [4.69, 9.17) is 7.85 Å². The van der Waals surface area contributed by atoms with Crippen molar-refractivity contribution in [1.29, 1.82) is 0 Å². The predicted molar refractivity (Wildman–Crippen MR) is 131 cm³/mol. The van der Waals surface area contributed by atoms with Gasteiger partial charge in [-0.25, -0.2) is 0 Å². The fourth-order valence-corrected chi connectivity index (χ4v) is 3.41. The number of thiol groups is 1. The Bertz CT molecular complexity index is 639. The maximum atomic E-state index is 12.3. The third kappa shape index (κ3) is 15.2. The molecule has 2 radical (unpaired) electrons. The van der Waals surface area contributed by atoms with Crippen LogP contribution in [0.4, 0.5) is 0 Å². The van der Waals surface area contributed by atoms with Gasteiger partial charge >= 0.3 is 0 Å². The first-order chi connectivity index (χ1) is 15.1. The molecule has 0 aromatic carbocycles. The van der Waals surface area contributed by atoms with Gasteiger partial charge in [-0.2, -0.15) is 12.6 Å². The number of carbonyl (C=O) groups is 5. The molecule has 32 heavy (non-hydrogen) atoms. The average Bonchev–Trinajstić information content (AvgIpc) is 2.73. The summed E-state index contributed by atoms with van der Waals surface area (Å²) in [5.41, 5.74) is -0.295. The van der Waals surface area contributed by atoms with Crippen LogP contribution >= 0.6 is 24.4 Å². The molecule has 4 N–H and O–H groups in total. The Balaban J connectivity index is 4.12. The lowest BCUT2D eigenvalue weighted by Gasteiger charge is -2.20. The van der Waals surface area contributed by atoms with Crippen LogP contribution in [0.3, 0.4) is 0 Å². The summed E-state index contributed by atoms with van der Waals surface area (Å²) in [6.45, 7) is 4.59. The molecule has 0 rings (SSSR count). The number of hydrogen-bond donors (Lipinski definition) is 5. The van der Waals surface area contributed by atoms with Gasteiger partial charge in [-0.05, 0) is 58.0 Å². The normalized spacial score (nSPS) is 13.4. The first-order valence-electron chi connectivity index (χ1n) is 10.7. The summed E-state index contributed by atoms with van der Waals surface area (Å²) in [7, 11) is 5.08. The molecule has 0 fully saturated rings. The van der Waals surface area contributed by atoms with E-state index in [1.807, 2.05) is 0 Å². The molecule has 4 amide bonds. The van der Waals surface area contributed by atoms with Crippen LogP contribution in [0.2, 0.25) is 0 Å². The van der Waals surface area contributed by atoms with E-state index in [2.05, 4.69) is 33.9 Å². The van der Waals surface area contributed by atoms with E-state index in [0.29, 0.717) is 24.5 Å². The number of thioether (sulfide) groups is 1. The van der Waals surface area contributed by atoms with Crippen LogP contribution in [0.1, 0.15) is 59.3 Å². The number of unbranched alkanes of at least 4 members (excludes halogenated alkanes) is 2. The highest BCUT2D eigenvalue weighted by Crippen LogP contribution is 2.06. The summed E-state index contributed by atoms with van der Waals surface area (Å²) in [5.74, 6) is 0.245. The second-order valence-corrected chi connectivity index (χ2v) is 9.00. The zero-order chi connectivity index (χ0) is 24.5. The molecule has 180 valence electrons. The molecule has 0 saturated heterocycles. The fraction of sp³-hybridized carbons (Fsp3) is 0.750. The van der Waals surface area contributed by atoms with Crippen molar-refractivity contribution in [2.75, 3.05) is 17.4 Å². The minimum atomic E-state index is -0.871. The maximum Gasteiger partial charge on any atom is 0.242 e. The van der Waals surface area contributed by atoms with Gasteiger partial charge in [-0.1, -0.05) is 6.42 Å². The molecule has 0 aromatic heterocycles. The van der Waals surface area contributed by atoms with Crippen LogP contribution in [0.25, 0.3) is 0 Å². The zero-order valence-electron chi connectivity index (χ0n) is 19.1. The molecule has 0 bridgehead atoms. The van der Waals surface area contributed by atoms with Gasteiger partial charge in [0.2, 0.25) is 23.6 Å². The largest absolute Gasteiger partial charge is 0.345 e. The minimum Gasteiger partial charge on any atom is -0.345 e. The van der Waals surface area contributed by atoms with Crippen LogP contribution < -0.4 is 21.3 Å². The first-order valence-corrected chi connectivity index (χ1v) is 12.5. The molecule has 0 aliphatic heterocycles. The van der Waals surface area contributed by atoms with Gasteiger partial charge in [-0.3, -0.25) is 19.2 Å². The minimum absolute atomic E-state index is 0.257. The molecule has 0 spiro atoms. The van der Waals surface area contributed by atoms with E-state index in [-0.39, 0.29) is 23.9 Å². The molecular weight excluding hydrogens is 451 g/mol. The smallest absolute Gasteiger partial charge is 0.242 e. The van der Waals surface area contributed by atoms with E-state index in [9.17, 15) is 24.0 Å². The van der Waals surface area contributed by atoms with E-state index in [1.54, 1.807) is 18.7 Å². The summed E-state index contributed by atoms with van der Waals surface area (Å²) >= 11 is 5.58. The standard InChI is InChI=1S/C20H35BN4O5S2/c1-13(18(28)22-12-32-11-6-4-5-8-16(21)26)24-20(30)15(3)25-19(29)14(2)23-17(27)9-7-10-31/h13-15,31H,4-12H2,1-3H3,(H,22,28)(H,23,27)(H,24,30)(H,25,29)/t13-,14-,15+/m0/s1.